The molecule has 0 saturated heterocycles. The second kappa shape index (κ2) is 7.57. The minimum atomic E-state index is -0.373. The molecule has 116 valence electrons. The molecule has 0 bridgehead atoms. The Morgan fingerprint density at radius 2 is 1.67 bits per heavy atom. The Morgan fingerprint density at radius 1 is 1.10 bits per heavy atom. The molecule has 0 spiro atoms. The fourth-order valence-corrected chi connectivity index (χ4v) is 3.06. The maximum atomic E-state index is 12.6. The minimum absolute atomic E-state index is 0.0446. The van der Waals surface area contributed by atoms with Crippen LogP contribution >= 0.6 is 0 Å². The molecule has 0 aromatic heterocycles. The number of benzene rings is 1. The van der Waals surface area contributed by atoms with E-state index < -0.39 is 0 Å². The van der Waals surface area contributed by atoms with Crippen molar-refractivity contribution in [1.29, 1.82) is 0 Å². The molecule has 4 N–H and O–H groups in total. The number of carbonyl (C=O) groups is 1. The summed E-state index contributed by atoms with van der Waals surface area (Å²) in [5.41, 5.74) is 7.48. The number of rotatable bonds is 5. The van der Waals surface area contributed by atoms with E-state index in [9.17, 15) is 4.79 Å². The van der Waals surface area contributed by atoms with Crippen LogP contribution < -0.4 is 11.1 Å². The fraction of sp³-hybridized carbons (Fsp3) is 0.588. The lowest BCUT2D eigenvalue weighted by molar-refractivity contribution is -0.131. The fourth-order valence-electron chi connectivity index (χ4n) is 3.06. The number of nitrogens with two attached hydrogens (primary N) is 1. The van der Waals surface area contributed by atoms with E-state index in [0.717, 1.165) is 36.8 Å². The van der Waals surface area contributed by atoms with Crippen LogP contribution in [0.15, 0.2) is 24.3 Å². The molecule has 4 nitrogen and oxygen atoms in total. The number of nitrogens with one attached hydrogen (secondary N) is 1. The molecule has 0 unspecified atom stereocenters. The van der Waals surface area contributed by atoms with Gasteiger partial charge in [0.1, 0.15) is 0 Å². The molecule has 1 aliphatic carbocycles. The summed E-state index contributed by atoms with van der Waals surface area (Å²) in [5, 5.41) is 12.1. The molecule has 1 aromatic rings. The summed E-state index contributed by atoms with van der Waals surface area (Å²) in [5.74, 6) is 0.0955. The second-order valence-corrected chi connectivity index (χ2v) is 6.06. The van der Waals surface area contributed by atoms with Crippen molar-refractivity contribution in [2.24, 2.45) is 11.1 Å². The third-order valence-corrected chi connectivity index (χ3v) is 4.59. The monoisotopic (exact) mass is 290 g/mol. The predicted octanol–water partition coefficient (Wildman–Crippen LogP) is 2.09. The van der Waals surface area contributed by atoms with Crippen molar-refractivity contribution < 1.29 is 9.90 Å². The molecule has 0 aliphatic heterocycles. The lowest BCUT2D eigenvalue weighted by atomic mass is 9.79. The molecule has 2 rings (SSSR count). The number of aliphatic hydroxyl groups excluding tert-OH is 1. The molecule has 4 heteroatoms. The van der Waals surface area contributed by atoms with Crippen LogP contribution in [-0.2, 0) is 17.9 Å². The third kappa shape index (κ3) is 4.05. The molecule has 1 fully saturated rings. The quantitative estimate of drug-likeness (QED) is 0.727. The van der Waals surface area contributed by atoms with Gasteiger partial charge in [0.2, 0.25) is 5.91 Å². The van der Waals surface area contributed by atoms with Gasteiger partial charge in [0.25, 0.3) is 0 Å². The van der Waals surface area contributed by atoms with Gasteiger partial charge in [0.15, 0.2) is 0 Å². The highest BCUT2D eigenvalue weighted by Gasteiger charge is 2.36. The van der Waals surface area contributed by atoms with Crippen molar-refractivity contribution in [3.63, 3.8) is 0 Å². The smallest absolute Gasteiger partial charge is 0.227 e. The average Bonchev–Trinajstić information content (AvgIpc) is 2.79. The topological polar surface area (TPSA) is 75.4 Å². The molecule has 0 radical (unpaired) electrons. The van der Waals surface area contributed by atoms with Gasteiger partial charge >= 0.3 is 0 Å². The van der Waals surface area contributed by atoms with Crippen molar-refractivity contribution in [1.82, 2.24) is 5.32 Å². The molecule has 1 amide bonds. The number of hydrogen-bond donors (Lipinski definition) is 3. The Hall–Kier alpha value is -1.39. The predicted molar refractivity (Wildman–Crippen MR) is 83.4 cm³/mol. The summed E-state index contributed by atoms with van der Waals surface area (Å²) in [6.45, 7) is 0.998. The summed E-state index contributed by atoms with van der Waals surface area (Å²) >= 11 is 0. The van der Waals surface area contributed by atoms with Crippen molar-refractivity contribution in [2.45, 2.75) is 51.7 Å². The molecular weight excluding hydrogens is 264 g/mol. The summed E-state index contributed by atoms with van der Waals surface area (Å²) in [6.07, 6.45) is 6.40. The Kier molecular flexibility index (Phi) is 5.76. The Bertz CT molecular complexity index is 448. The van der Waals surface area contributed by atoms with E-state index in [-0.39, 0.29) is 17.9 Å². The summed E-state index contributed by atoms with van der Waals surface area (Å²) in [4.78, 5) is 12.6. The van der Waals surface area contributed by atoms with Gasteiger partial charge in [-0.1, -0.05) is 49.9 Å². The van der Waals surface area contributed by atoms with Gasteiger partial charge in [-0.2, -0.15) is 0 Å². The van der Waals surface area contributed by atoms with Crippen LogP contribution in [0.1, 0.15) is 49.7 Å². The number of hydrogen-bond acceptors (Lipinski definition) is 3. The lowest BCUT2D eigenvalue weighted by Crippen LogP contribution is -2.45. The highest BCUT2D eigenvalue weighted by atomic mass is 16.3. The first kappa shape index (κ1) is 16.0. The van der Waals surface area contributed by atoms with E-state index in [1.54, 1.807) is 0 Å². The van der Waals surface area contributed by atoms with E-state index in [0.29, 0.717) is 13.1 Å². The first-order valence-corrected chi connectivity index (χ1v) is 7.87. The van der Waals surface area contributed by atoms with Crippen molar-refractivity contribution in [2.75, 3.05) is 6.54 Å². The van der Waals surface area contributed by atoms with Crippen molar-refractivity contribution in [3.05, 3.63) is 35.4 Å². The van der Waals surface area contributed by atoms with Gasteiger partial charge in [0.05, 0.1) is 12.0 Å². The number of carbonyl (C=O) groups excluding carboxylic acids is 1. The van der Waals surface area contributed by atoms with Crippen LogP contribution in [0.4, 0.5) is 0 Å². The van der Waals surface area contributed by atoms with Gasteiger partial charge in [-0.25, -0.2) is 0 Å². The molecular formula is C17H26N2O2. The van der Waals surface area contributed by atoms with Gasteiger partial charge in [0, 0.05) is 13.1 Å². The lowest BCUT2D eigenvalue weighted by Gasteiger charge is -2.29. The maximum absolute atomic E-state index is 12.6. The van der Waals surface area contributed by atoms with E-state index in [1.807, 2.05) is 24.3 Å². The van der Waals surface area contributed by atoms with Crippen LogP contribution in [0.3, 0.4) is 0 Å². The van der Waals surface area contributed by atoms with Crippen LogP contribution in [0.25, 0.3) is 0 Å². The zero-order valence-corrected chi connectivity index (χ0v) is 12.6. The number of amides is 1. The summed E-state index contributed by atoms with van der Waals surface area (Å²) in [7, 11) is 0. The SMILES string of the molecule is NCC1(C(=O)NCc2ccc(CO)cc2)CCCCCC1. The van der Waals surface area contributed by atoms with E-state index in [2.05, 4.69) is 5.32 Å². The Labute approximate surface area is 126 Å². The van der Waals surface area contributed by atoms with Gasteiger partial charge in [-0.05, 0) is 24.0 Å². The maximum Gasteiger partial charge on any atom is 0.227 e. The van der Waals surface area contributed by atoms with Gasteiger partial charge in [-0.15, -0.1) is 0 Å². The molecule has 21 heavy (non-hydrogen) atoms. The standard InChI is InChI=1S/C17H26N2O2/c18-13-17(9-3-1-2-4-10-17)16(21)19-11-14-5-7-15(12-20)8-6-14/h5-8,20H,1-4,9-13,18H2,(H,19,21). The van der Waals surface area contributed by atoms with Crippen LogP contribution in [0, 0.1) is 5.41 Å². The zero-order chi connectivity index (χ0) is 15.1. The first-order valence-electron chi connectivity index (χ1n) is 7.87. The highest BCUT2D eigenvalue weighted by Crippen LogP contribution is 2.34. The van der Waals surface area contributed by atoms with Gasteiger partial charge < -0.3 is 16.2 Å². The summed E-state index contributed by atoms with van der Waals surface area (Å²) in [6, 6.07) is 7.64. The van der Waals surface area contributed by atoms with Crippen LogP contribution in [0.5, 0.6) is 0 Å². The normalized spacial score (nSPS) is 18.0. The Morgan fingerprint density at radius 3 is 2.19 bits per heavy atom. The second-order valence-electron chi connectivity index (χ2n) is 6.06. The third-order valence-electron chi connectivity index (χ3n) is 4.59. The average molecular weight is 290 g/mol. The van der Waals surface area contributed by atoms with E-state index in [4.69, 9.17) is 10.8 Å². The molecule has 0 heterocycles. The molecule has 1 aliphatic rings. The van der Waals surface area contributed by atoms with Gasteiger partial charge in [-0.3, -0.25) is 4.79 Å². The van der Waals surface area contributed by atoms with E-state index >= 15 is 0 Å². The van der Waals surface area contributed by atoms with Crippen molar-refractivity contribution in [3.8, 4) is 0 Å². The largest absolute Gasteiger partial charge is 0.392 e. The first-order chi connectivity index (χ1) is 10.2. The Balaban J connectivity index is 1.95. The van der Waals surface area contributed by atoms with E-state index in [1.165, 1.54) is 12.8 Å². The minimum Gasteiger partial charge on any atom is -0.392 e. The molecule has 1 aromatic carbocycles. The highest BCUT2D eigenvalue weighted by molar-refractivity contribution is 5.82. The zero-order valence-electron chi connectivity index (χ0n) is 12.6. The summed E-state index contributed by atoms with van der Waals surface area (Å²) < 4.78 is 0. The number of aliphatic hydroxyl groups is 1. The molecule has 1 saturated carbocycles. The van der Waals surface area contributed by atoms with Crippen LogP contribution in [-0.4, -0.2) is 17.6 Å². The van der Waals surface area contributed by atoms with Crippen LogP contribution in [0.2, 0.25) is 0 Å². The molecule has 0 atom stereocenters. The van der Waals surface area contributed by atoms with Crippen molar-refractivity contribution >= 4 is 5.91 Å².